The highest BCUT2D eigenvalue weighted by atomic mass is 32.2. The van der Waals surface area contributed by atoms with Crippen molar-refractivity contribution in [3.8, 4) is 0 Å². The maximum Gasteiger partial charge on any atom is 0.289 e. The minimum atomic E-state index is -0.385. The Labute approximate surface area is 98.8 Å². The van der Waals surface area contributed by atoms with Gasteiger partial charge in [0, 0.05) is 30.7 Å². The van der Waals surface area contributed by atoms with Gasteiger partial charge < -0.3 is 4.90 Å². The van der Waals surface area contributed by atoms with E-state index in [0.29, 0.717) is 13.1 Å². The molecular weight excluding hydrogens is 222 g/mol. The van der Waals surface area contributed by atoms with Crippen LogP contribution in [0.25, 0.3) is 0 Å². The third-order valence-electron chi connectivity index (χ3n) is 2.54. The largest absolute Gasteiger partial charge is 0.331 e. The molecule has 0 saturated heterocycles. The molecule has 3 nitrogen and oxygen atoms in total. The topological polar surface area (TPSA) is 37.4 Å². The summed E-state index contributed by atoms with van der Waals surface area (Å²) in [6, 6.07) is 8.02. The van der Waals surface area contributed by atoms with Crippen LogP contribution in [-0.2, 0) is 16.1 Å². The Morgan fingerprint density at radius 2 is 2.06 bits per heavy atom. The number of rotatable bonds is 1. The molecule has 1 aliphatic heterocycles. The van der Waals surface area contributed by atoms with E-state index in [1.54, 1.807) is 16.7 Å². The van der Waals surface area contributed by atoms with Crippen molar-refractivity contribution in [3.63, 3.8) is 0 Å². The molecule has 0 atom stereocenters. The van der Waals surface area contributed by atoms with Crippen LogP contribution in [-0.4, -0.2) is 28.9 Å². The van der Waals surface area contributed by atoms with Crippen LogP contribution in [0.3, 0.4) is 0 Å². The maximum atomic E-state index is 11.6. The molecule has 1 aromatic carbocycles. The average Bonchev–Trinajstić information content (AvgIpc) is 2.49. The van der Waals surface area contributed by atoms with E-state index in [1.165, 1.54) is 11.8 Å². The molecule has 1 aromatic rings. The predicted molar refractivity (Wildman–Crippen MR) is 63.3 cm³/mol. The highest BCUT2D eigenvalue weighted by Gasteiger charge is 2.21. The van der Waals surface area contributed by atoms with Gasteiger partial charge in [0.25, 0.3) is 5.91 Å². The predicted octanol–water partition coefficient (Wildman–Crippen LogP) is 1.71. The van der Waals surface area contributed by atoms with E-state index < -0.39 is 0 Å². The van der Waals surface area contributed by atoms with Crippen LogP contribution in [0.1, 0.15) is 12.5 Å². The number of hydrogen-bond acceptors (Lipinski definition) is 3. The number of fused-ring (bicyclic) bond motifs is 1. The van der Waals surface area contributed by atoms with Crippen molar-refractivity contribution in [3.05, 3.63) is 29.8 Å². The van der Waals surface area contributed by atoms with Gasteiger partial charge >= 0.3 is 0 Å². The van der Waals surface area contributed by atoms with Crippen LogP contribution < -0.4 is 0 Å². The summed E-state index contributed by atoms with van der Waals surface area (Å²) in [4.78, 5) is 25.5. The second-order valence-electron chi connectivity index (χ2n) is 3.74. The van der Waals surface area contributed by atoms with E-state index in [4.69, 9.17) is 0 Å². The van der Waals surface area contributed by atoms with Crippen LogP contribution in [0.15, 0.2) is 29.2 Å². The molecule has 2 rings (SSSR count). The third kappa shape index (κ3) is 2.27. The van der Waals surface area contributed by atoms with Gasteiger partial charge in [-0.1, -0.05) is 18.2 Å². The standard InChI is InChI=1S/C12H13NO2S/c1-9(14)12(15)13-6-7-16-11-5-3-2-4-10(11)8-13/h2-5H,6-8H2,1H3. The summed E-state index contributed by atoms with van der Waals surface area (Å²) in [6.07, 6.45) is 0. The molecule has 84 valence electrons. The van der Waals surface area contributed by atoms with E-state index in [2.05, 4.69) is 6.07 Å². The van der Waals surface area contributed by atoms with Gasteiger partial charge in [-0.15, -0.1) is 11.8 Å². The molecule has 0 spiro atoms. The Balaban J connectivity index is 2.23. The van der Waals surface area contributed by atoms with Crippen molar-refractivity contribution in [1.29, 1.82) is 0 Å². The summed E-state index contributed by atoms with van der Waals surface area (Å²) < 4.78 is 0. The lowest BCUT2D eigenvalue weighted by molar-refractivity contribution is -0.143. The number of carbonyl (C=O) groups excluding carboxylic acids is 2. The van der Waals surface area contributed by atoms with Gasteiger partial charge in [0.15, 0.2) is 0 Å². The third-order valence-corrected chi connectivity index (χ3v) is 3.64. The SMILES string of the molecule is CC(=O)C(=O)N1CCSc2ccccc2C1. The van der Waals surface area contributed by atoms with Crippen molar-refractivity contribution >= 4 is 23.5 Å². The first-order valence-corrected chi connectivity index (χ1v) is 6.17. The number of Topliss-reactive ketones (excluding diaryl/α,β-unsaturated/α-hetero) is 1. The molecule has 0 radical (unpaired) electrons. The molecule has 0 unspecified atom stereocenters. The van der Waals surface area contributed by atoms with Crippen LogP contribution in [0.2, 0.25) is 0 Å². The fourth-order valence-electron chi connectivity index (χ4n) is 1.72. The normalized spacial score (nSPS) is 15.2. The van der Waals surface area contributed by atoms with E-state index in [0.717, 1.165) is 11.3 Å². The summed E-state index contributed by atoms with van der Waals surface area (Å²) in [6.45, 7) is 2.51. The summed E-state index contributed by atoms with van der Waals surface area (Å²) >= 11 is 1.74. The minimum Gasteiger partial charge on any atom is -0.331 e. The van der Waals surface area contributed by atoms with E-state index >= 15 is 0 Å². The maximum absolute atomic E-state index is 11.6. The van der Waals surface area contributed by atoms with Crippen LogP contribution >= 0.6 is 11.8 Å². The first-order valence-electron chi connectivity index (χ1n) is 5.19. The Bertz CT molecular complexity index is 431. The van der Waals surface area contributed by atoms with Gasteiger partial charge in [-0.3, -0.25) is 9.59 Å². The molecule has 0 saturated carbocycles. The highest BCUT2D eigenvalue weighted by molar-refractivity contribution is 7.99. The van der Waals surface area contributed by atoms with Gasteiger partial charge in [0.05, 0.1) is 0 Å². The van der Waals surface area contributed by atoms with Gasteiger partial charge in [0.2, 0.25) is 5.78 Å². The van der Waals surface area contributed by atoms with E-state index in [1.807, 2.05) is 18.2 Å². The highest BCUT2D eigenvalue weighted by Crippen LogP contribution is 2.26. The van der Waals surface area contributed by atoms with E-state index in [9.17, 15) is 9.59 Å². The molecule has 0 aromatic heterocycles. The molecule has 0 N–H and O–H groups in total. The fraction of sp³-hybridized carbons (Fsp3) is 0.333. The van der Waals surface area contributed by atoms with Crippen molar-refractivity contribution in [2.75, 3.05) is 12.3 Å². The van der Waals surface area contributed by atoms with E-state index in [-0.39, 0.29) is 11.7 Å². The fourth-order valence-corrected chi connectivity index (χ4v) is 2.75. The van der Waals surface area contributed by atoms with Gasteiger partial charge in [0.1, 0.15) is 0 Å². The zero-order chi connectivity index (χ0) is 11.5. The first-order chi connectivity index (χ1) is 7.68. The molecule has 0 bridgehead atoms. The molecule has 4 heteroatoms. The van der Waals surface area contributed by atoms with Gasteiger partial charge in [-0.2, -0.15) is 0 Å². The van der Waals surface area contributed by atoms with Crippen molar-refractivity contribution in [2.45, 2.75) is 18.4 Å². The molecule has 1 aliphatic rings. The summed E-state index contributed by atoms with van der Waals surface area (Å²) in [5, 5.41) is 0. The average molecular weight is 235 g/mol. The van der Waals surface area contributed by atoms with Crippen molar-refractivity contribution in [2.24, 2.45) is 0 Å². The quantitative estimate of drug-likeness (QED) is 0.695. The molecule has 0 aliphatic carbocycles. The lowest BCUT2D eigenvalue weighted by atomic mass is 10.2. The number of hydrogen-bond donors (Lipinski definition) is 0. The number of benzene rings is 1. The number of ketones is 1. The summed E-state index contributed by atoms with van der Waals surface area (Å²) in [5.74, 6) is 0.0810. The lowest BCUT2D eigenvalue weighted by Crippen LogP contribution is -2.35. The number of nitrogens with zero attached hydrogens (tertiary/aromatic N) is 1. The smallest absolute Gasteiger partial charge is 0.289 e. The Hall–Kier alpha value is -1.29. The zero-order valence-corrected chi connectivity index (χ0v) is 9.92. The Kier molecular flexibility index (Phi) is 3.29. The molecule has 1 heterocycles. The number of carbonyl (C=O) groups is 2. The first kappa shape index (κ1) is 11.2. The molecule has 16 heavy (non-hydrogen) atoms. The van der Waals surface area contributed by atoms with Crippen LogP contribution in [0.4, 0.5) is 0 Å². The molecular formula is C12H13NO2S. The van der Waals surface area contributed by atoms with Crippen molar-refractivity contribution in [1.82, 2.24) is 4.90 Å². The Morgan fingerprint density at radius 3 is 2.81 bits per heavy atom. The number of amides is 1. The lowest BCUT2D eigenvalue weighted by Gasteiger charge is -2.18. The summed E-state index contributed by atoms with van der Waals surface area (Å²) in [7, 11) is 0. The zero-order valence-electron chi connectivity index (χ0n) is 9.10. The van der Waals surface area contributed by atoms with Gasteiger partial charge in [-0.05, 0) is 11.6 Å². The number of thioether (sulfide) groups is 1. The molecule has 1 amide bonds. The Morgan fingerprint density at radius 1 is 1.31 bits per heavy atom. The second kappa shape index (κ2) is 4.70. The summed E-state index contributed by atoms with van der Waals surface area (Å²) in [5.41, 5.74) is 1.12. The minimum absolute atomic E-state index is 0.377. The van der Waals surface area contributed by atoms with Crippen LogP contribution in [0.5, 0.6) is 0 Å². The van der Waals surface area contributed by atoms with Crippen LogP contribution in [0, 0.1) is 0 Å². The van der Waals surface area contributed by atoms with Crippen molar-refractivity contribution < 1.29 is 9.59 Å². The second-order valence-corrected chi connectivity index (χ2v) is 4.88. The van der Waals surface area contributed by atoms with Gasteiger partial charge in [-0.25, -0.2) is 0 Å². The molecule has 0 fully saturated rings. The monoisotopic (exact) mass is 235 g/mol.